The summed E-state index contributed by atoms with van der Waals surface area (Å²) in [5.74, 6) is -0.295. The molecule has 0 saturated carbocycles. The number of hydrogen-bond acceptors (Lipinski definition) is 5. The topological polar surface area (TPSA) is 90.0 Å². The van der Waals surface area contributed by atoms with E-state index in [1.54, 1.807) is 21.6 Å². The summed E-state index contributed by atoms with van der Waals surface area (Å²) in [6, 6.07) is 13.4. The van der Waals surface area contributed by atoms with Crippen molar-refractivity contribution in [3.63, 3.8) is 0 Å². The molecule has 1 N–H and O–H groups in total. The number of nitrogens with zero attached hydrogens (tertiary/aromatic N) is 6. The Kier molecular flexibility index (Phi) is 4.90. The summed E-state index contributed by atoms with van der Waals surface area (Å²) in [5.41, 5.74) is 6.90. The lowest BCUT2D eigenvalue weighted by molar-refractivity contribution is 0.0956. The fourth-order valence-electron chi connectivity index (χ4n) is 3.21. The maximum Gasteiger partial charge on any atom is 0.272 e. The van der Waals surface area contributed by atoms with Gasteiger partial charge in [-0.05, 0) is 45.0 Å². The third kappa shape index (κ3) is 3.77. The van der Waals surface area contributed by atoms with Crippen molar-refractivity contribution in [3.8, 4) is 5.69 Å². The highest BCUT2D eigenvalue weighted by Crippen LogP contribution is 2.24. The second kappa shape index (κ2) is 7.67. The molecule has 1 amide bonds. The van der Waals surface area contributed by atoms with Gasteiger partial charge in [0.15, 0.2) is 5.65 Å². The molecule has 3 heterocycles. The Morgan fingerprint density at radius 1 is 1.17 bits per heavy atom. The van der Waals surface area contributed by atoms with Crippen LogP contribution in [0.4, 0.5) is 0 Å². The highest BCUT2D eigenvalue weighted by molar-refractivity contribution is 6.07. The van der Waals surface area contributed by atoms with E-state index in [2.05, 4.69) is 25.7 Å². The summed E-state index contributed by atoms with van der Waals surface area (Å²) >= 11 is 0. The van der Waals surface area contributed by atoms with E-state index in [4.69, 9.17) is 0 Å². The minimum absolute atomic E-state index is 0.295. The number of fused-ring (bicyclic) bond motifs is 1. The average Bonchev–Trinajstić information content (AvgIpc) is 3.34. The van der Waals surface area contributed by atoms with Crippen LogP contribution < -0.4 is 5.43 Å². The van der Waals surface area contributed by atoms with Crippen LogP contribution in [0.5, 0.6) is 0 Å². The third-order valence-electron chi connectivity index (χ3n) is 4.48. The number of hydrazone groups is 1. The van der Waals surface area contributed by atoms with Gasteiger partial charge in [-0.2, -0.15) is 15.3 Å². The van der Waals surface area contributed by atoms with E-state index in [1.165, 1.54) is 0 Å². The van der Waals surface area contributed by atoms with Crippen LogP contribution in [-0.4, -0.2) is 36.2 Å². The predicted octanol–water partition coefficient (Wildman–Crippen LogP) is 3.04. The van der Waals surface area contributed by atoms with Crippen LogP contribution in [0.3, 0.4) is 0 Å². The summed E-state index contributed by atoms with van der Waals surface area (Å²) in [5, 5.41) is 13.7. The van der Waals surface area contributed by atoms with Gasteiger partial charge in [-0.25, -0.2) is 15.1 Å². The molecule has 0 aliphatic carbocycles. The molecule has 0 atom stereocenters. The van der Waals surface area contributed by atoms with Gasteiger partial charge >= 0.3 is 0 Å². The zero-order valence-electron chi connectivity index (χ0n) is 16.5. The van der Waals surface area contributed by atoms with E-state index in [0.717, 1.165) is 28.2 Å². The molecule has 0 fully saturated rings. The number of hydrogen-bond donors (Lipinski definition) is 1. The van der Waals surface area contributed by atoms with Crippen molar-refractivity contribution in [3.05, 3.63) is 71.8 Å². The number of para-hydroxylation sites is 1. The van der Waals surface area contributed by atoms with Crippen LogP contribution >= 0.6 is 0 Å². The van der Waals surface area contributed by atoms with Gasteiger partial charge in [-0.15, -0.1) is 0 Å². The van der Waals surface area contributed by atoms with E-state index < -0.39 is 0 Å². The first-order valence-electron chi connectivity index (χ1n) is 9.26. The SMILES string of the molecule is CC(Cn1cccn1)=NNC(=O)c1cc(C)nc2c1c(C)nn2-c1ccccc1. The summed E-state index contributed by atoms with van der Waals surface area (Å²) in [7, 11) is 0. The van der Waals surface area contributed by atoms with Gasteiger partial charge in [0, 0.05) is 18.1 Å². The smallest absolute Gasteiger partial charge is 0.267 e. The summed E-state index contributed by atoms with van der Waals surface area (Å²) in [6.45, 7) is 6.08. The summed E-state index contributed by atoms with van der Waals surface area (Å²) < 4.78 is 3.51. The number of nitrogens with one attached hydrogen (secondary N) is 1. The second-order valence-electron chi connectivity index (χ2n) is 6.83. The highest BCUT2D eigenvalue weighted by atomic mass is 16.2. The van der Waals surface area contributed by atoms with Gasteiger partial charge in [0.05, 0.1) is 34.6 Å². The summed E-state index contributed by atoms with van der Waals surface area (Å²) in [4.78, 5) is 17.5. The molecule has 0 radical (unpaired) electrons. The van der Waals surface area contributed by atoms with Crippen LogP contribution in [0.2, 0.25) is 0 Å². The average molecular weight is 387 g/mol. The largest absolute Gasteiger partial charge is 0.272 e. The number of aromatic nitrogens is 5. The molecule has 3 aromatic heterocycles. The molecule has 0 bridgehead atoms. The lowest BCUT2D eigenvalue weighted by atomic mass is 10.1. The first-order chi connectivity index (χ1) is 14.0. The standard InChI is InChI=1S/C21H21N7O/c1-14-12-18(21(29)25-24-15(2)13-27-11-7-10-22-27)19-16(3)26-28(20(19)23-14)17-8-5-4-6-9-17/h4-12H,13H2,1-3H3,(H,25,29). The second-order valence-corrected chi connectivity index (χ2v) is 6.83. The first-order valence-corrected chi connectivity index (χ1v) is 9.26. The maximum absolute atomic E-state index is 12.9. The molecule has 8 heteroatoms. The van der Waals surface area contributed by atoms with Gasteiger partial charge in [-0.3, -0.25) is 9.48 Å². The molecule has 1 aromatic carbocycles. The number of carbonyl (C=O) groups excluding carboxylic acids is 1. The first kappa shape index (κ1) is 18.5. The van der Waals surface area contributed by atoms with Gasteiger partial charge in [-0.1, -0.05) is 18.2 Å². The zero-order valence-corrected chi connectivity index (χ0v) is 16.5. The molecule has 8 nitrogen and oxygen atoms in total. The quantitative estimate of drug-likeness (QED) is 0.421. The number of aryl methyl sites for hydroxylation is 2. The lowest BCUT2D eigenvalue weighted by Crippen LogP contribution is -2.21. The fourth-order valence-corrected chi connectivity index (χ4v) is 3.21. The van der Waals surface area contributed by atoms with Crippen LogP contribution in [0.15, 0.2) is 60.0 Å². The van der Waals surface area contributed by atoms with Gasteiger partial charge in [0.1, 0.15) is 0 Å². The predicted molar refractivity (Wildman–Crippen MR) is 111 cm³/mol. The Labute approximate surface area is 167 Å². The van der Waals surface area contributed by atoms with Crippen molar-refractivity contribution >= 4 is 22.7 Å². The molecular formula is C21H21N7O. The minimum Gasteiger partial charge on any atom is -0.267 e. The van der Waals surface area contributed by atoms with E-state index in [9.17, 15) is 4.79 Å². The Morgan fingerprint density at radius 3 is 2.69 bits per heavy atom. The van der Waals surface area contributed by atoms with Crippen LogP contribution in [-0.2, 0) is 6.54 Å². The molecule has 4 aromatic rings. The molecule has 0 aliphatic rings. The van der Waals surface area contributed by atoms with E-state index in [1.807, 2.05) is 63.4 Å². The highest BCUT2D eigenvalue weighted by Gasteiger charge is 2.19. The lowest BCUT2D eigenvalue weighted by Gasteiger charge is -2.07. The van der Waals surface area contributed by atoms with Crippen molar-refractivity contribution in [2.75, 3.05) is 0 Å². The number of amides is 1. The Bertz CT molecular complexity index is 1190. The monoisotopic (exact) mass is 387 g/mol. The van der Waals surface area contributed by atoms with Gasteiger partial charge in [0.2, 0.25) is 0 Å². The number of rotatable bonds is 5. The maximum atomic E-state index is 12.9. The third-order valence-corrected chi connectivity index (χ3v) is 4.48. The summed E-state index contributed by atoms with van der Waals surface area (Å²) in [6.07, 6.45) is 3.55. The fraction of sp³-hybridized carbons (Fsp3) is 0.190. The number of pyridine rings is 1. The minimum atomic E-state index is -0.295. The molecule has 0 spiro atoms. The Hall–Kier alpha value is -3.81. The van der Waals surface area contributed by atoms with Crippen LogP contribution in [0.25, 0.3) is 16.7 Å². The molecule has 0 aliphatic heterocycles. The van der Waals surface area contributed by atoms with E-state index >= 15 is 0 Å². The molecule has 4 rings (SSSR count). The number of carbonyl (C=O) groups is 1. The normalized spacial score (nSPS) is 11.8. The van der Waals surface area contributed by atoms with E-state index in [-0.39, 0.29) is 5.91 Å². The van der Waals surface area contributed by atoms with Crippen molar-refractivity contribution in [2.45, 2.75) is 27.3 Å². The number of benzene rings is 1. The van der Waals surface area contributed by atoms with Crippen molar-refractivity contribution < 1.29 is 4.79 Å². The van der Waals surface area contributed by atoms with Crippen LogP contribution in [0, 0.1) is 13.8 Å². The molecule has 29 heavy (non-hydrogen) atoms. The van der Waals surface area contributed by atoms with Crippen molar-refractivity contribution in [1.82, 2.24) is 30.0 Å². The van der Waals surface area contributed by atoms with Crippen LogP contribution in [0.1, 0.15) is 28.7 Å². The zero-order chi connectivity index (χ0) is 20.4. The Morgan fingerprint density at radius 2 is 1.97 bits per heavy atom. The molecule has 146 valence electrons. The van der Waals surface area contributed by atoms with Crippen molar-refractivity contribution in [2.24, 2.45) is 5.10 Å². The van der Waals surface area contributed by atoms with Gasteiger partial charge in [0.25, 0.3) is 5.91 Å². The Balaban J connectivity index is 1.68. The molecule has 0 saturated heterocycles. The molecule has 0 unspecified atom stereocenters. The van der Waals surface area contributed by atoms with E-state index in [0.29, 0.717) is 17.8 Å². The van der Waals surface area contributed by atoms with Crippen molar-refractivity contribution in [1.29, 1.82) is 0 Å². The molecular weight excluding hydrogens is 366 g/mol. The van der Waals surface area contributed by atoms with Gasteiger partial charge < -0.3 is 0 Å².